The minimum Gasteiger partial charge on any atom is -0.462 e. The van der Waals surface area contributed by atoms with E-state index in [2.05, 4.69) is 111 Å². The first-order valence-corrected chi connectivity index (χ1v) is 33.2. The maximum Gasteiger partial charge on any atom is 0.472 e. The molecule has 0 aliphatic rings. The highest BCUT2D eigenvalue weighted by Crippen LogP contribution is 2.43. The third-order valence-corrected chi connectivity index (χ3v) is 14.4. The van der Waals surface area contributed by atoms with Crippen LogP contribution in [0.2, 0.25) is 0 Å². The fourth-order valence-corrected chi connectivity index (χ4v) is 9.55. The second-order valence-corrected chi connectivity index (χ2v) is 22.3. The van der Waals surface area contributed by atoms with Crippen LogP contribution < -0.4 is 5.73 Å². The number of hydrogen-bond donors (Lipinski definition) is 2. The Labute approximate surface area is 474 Å². The van der Waals surface area contributed by atoms with E-state index in [4.69, 9.17) is 24.3 Å². The monoisotopic (exact) mass is 1100 g/mol. The van der Waals surface area contributed by atoms with Crippen molar-refractivity contribution in [3.63, 3.8) is 0 Å². The van der Waals surface area contributed by atoms with Crippen LogP contribution in [0.25, 0.3) is 0 Å². The molecule has 0 bridgehead atoms. The Hall–Kier alpha value is -3.07. The van der Waals surface area contributed by atoms with Crippen molar-refractivity contribution in [3.8, 4) is 0 Å². The molecule has 0 rings (SSSR count). The molecule has 2 atom stereocenters. The zero-order valence-corrected chi connectivity index (χ0v) is 50.6. The third-order valence-electron chi connectivity index (χ3n) is 13.5. The topological polar surface area (TPSA) is 134 Å². The number of hydrogen-bond acceptors (Lipinski definition) is 8. The van der Waals surface area contributed by atoms with Crippen molar-refractivity contribution in [2.75, 3.05) is 26.4 Å². The Bertz CT molecular complexity index is 1580. The second kappa shape index (κ2) is 62.1. The van der Waals surface area contributed by atoms with Gasteiger partial charge >= 0.3 is 19.8 Å². The molecule has 2 unspecified atom stereocenters. The summed E-state index contributed by atoms with van der Waals surface area (Å²) in [5, 5.41) is 0. The first-order valence-electron chi connectivity index (χ1n) is 31.7. The van der Waals surface area contributed by atoms with E-state index in [1.165, 1.54) is 167 Å². The van der Waals surface area contributed by atoms with Crippen molar-refractivity contribution in [1.29, 1.82) is 0 Å². The number of ether oxygens (including phenoxy) is 2. The Morgan fingerprint density at radius 1 is 0.403 bits per heavy atom. The number of esters is 2. The van der Waals surface area contributed by atoms with Gasteiger partial charge in [-0.1, -0.05) is 272 Å². The van der Waals surface area contributed by atoms with E-state index < -0.39 is 26.5 Å². The van der Waals surface area contributed by atoms with Crippen LogP contribution in [0, 0.1) is 0 Å². The summed E-state index contributed by atoms with van der Waals surface area (Å²) >= 11 is 0. The van der Waals surface area contributed by atoms with E-state index in [1.807, 2.05) is 0 Å². The lowest BCUT2D eigenvalue weighted by molar-refractivity contribution is -0.161. The normalized spacial score (nSPS) is 13.7. The molecule has 0 saturated carbocycles. The standard InChI is InChI=1S/C67H118NO8P/c1-3-5-7-9-11-13-15-17-19-21-23-25-27-29-30-31-32-33-34-36-37-39-41-43-45-47-49-51-53-55-57-59-66(69)73-63-65(64-75-77(71,72)74-62-61-68)76-67(70)60-58-56-54-52-50-48-46-44-42-40-38-35-28-26-24-22-20-18-16-14-12-10-8-6-4-2/h6,8,12,14,18,20-21,23-24,26,35,38,42,44,48,50,65H,3-5,7,9-11,13,15-17,19,22,25,27-34,36-37,39-41,43,45-47,49,51-64,68H2,1-2H3,(H,71,72)/b8-6-,14-12-,20-18-,23-21-,26-24-,38-35-,44-42-,50-48-. The van der Waals surface area contributed by atoms with Crippen LogP contribution in [0.1, 0.15) is 284 Å². The molecule has 77 heavy (non-hydrogen) atoms. The second-order valence-electron chi connectivity index (χ2n) is 20.9. The van der Waals surface area contributed by atoms with Gasteiger partial charge in [0.05, 0.1) is 13.2 Å². The molecule has 0 heterocycles. The highest BCUT2D eigenvalue weighted by atomic mass is 31.2. The third kappa shape index (κ3) is 62.0. The number of unbranched alkanes of at least 4 members (excludes halogenated alkanes) is 30. The minimum absolute atomic E-state index is 0.0436. The van der Waals surface area contributed by atoms with Gasteiger partial charge in [-0.2, -0.15) is 0 Å². The first-order chi connectivity index (χ1) is 37.8. The molecule has 0 aromatic rings. The van der Waals surface area contributed by atoms with Gasteiger partial charge in [0.1, 0.15) is 6.61 Å². The lowest BCUT2D eigenvalue weighted by Gasteiger charge is -2.19. The minimum atomic E-state index is -4.41. The number of carbonyl (C=O) groups excluding carboxylic acids is 2. The summed E-state index contributed by atoms with van der Waals surface area (Å²) < 4.78 is 33.1. The number of phosphoric acid groups is 1. The van der Waals surface area contributed by atoms with Crippen molar-refractivity contribution in [1.82, 2.24) is 0 Å². The Morgan fingerprint density at radius 3 is 1.09 bits per heavy atom. The molecule has 0 amide bonds. The molecule has 9 nitrogen and oxygen atoms in total. The molecule has 0 aromatic heterocycles. The van der Waals surface area contributed by atoms with Crippen LogP contribution in [-0.2, 0) is 32.7 Å². The Morgan fingerprint density at radius 2 is 0.714 bits per heavy atom. The zero-order valence-electron chi connectivity index (χ0n) is 49.7. The van der Waals surface area contributed by atoms with Crippen molar-refractivity contribution in [2.45, 2.75) is 290 Å². The van der Waals surface area contributed by atoms with Gasteiger partial charge in [0.25, 0.3) is 0 Å². The van der Waals surface area contributed by atoms with Gasteiger partial charge < -0.3 is 20.1 Å². The summed E-state index contributed by atoms with van der Waals surface area (Å²) in [5.41, 5.74) is 5.39. The van der Waals surface area contributed by atoms with Crippen LogP contribution in [0.3, 0.4) is 0 Å². The smallest absolute Gasteiger partial charge is 0.462 e. The highest BCUT2D eigenvalue weighted by molar-refractivity contribution is 7.47. The van der Waals surface area contributed by atoms with Crippen molar-refractivity contribution < 1.29 is 37.6 Å². The van der Waals surface area contributed by atoms with Crippen molar-refractivity contribution in [2.24, 2.45) is 5.73 Å². The Kier molecular flexibility index (Phi) is 59.7. The van der Waals surface area contributed by atoms with E-state index in [1.54, 1.807) is 0 Å². The van der Waals surface area contributed by atoms with E-state index in [-0.39, 0.29) is 38.6 Å². The van der Waals surface area contributed by atoms with E-state index in [9.17, 15) is 19.0 Å². The van der Waals surface area contributed by atoms with Crippen LogP contribution in [0.15, 0.2) is 97.2 Å². The number of rotatable bonds is 59. The summed E-state index contributed by atoms with van der Waals surface area (Å²) in [6.45, 7) is 3.61. The number of nitrogens with two attached hydrogens (primary N) is 1. The average molecular weight is 1100 g/mol. The van der Waals surface area contributed by atoms with Gasteiger partial charge in [0.2, 0.25) is 0 Å². The summed E-state index contributed by atoms with van der Waals surface area (Å²) in [4.78, 5) is 35.2. The van der Waals surface area contributed by atoms with E-state index in [0.717, 1.165) is 83.5 Å². The highest BCUT2D eigenvalue weighted by Gasteiger charge is 2.26. The van der Waals surface area contributed by atoms with Crippen LogP contribution >= 0.6 is 7.82 Å². The average Bonchev–Trinajstić information content (AvgIpc) is 3.42. The maximum absolute atomic E-state index is 12.7. The van der Waals surface area contributed by atoms with Gasteiger partial charge in [0.15, 0.2) is 6.10 Å². The van der Waals surface area contributed by atoms with E-state index in [0.29, 0.717) is 6.42 Å². The first kappa shape index (κ1) is 73.9. The number of allylic oxidation sites excluding steroid dienone is 16. The molecule has 0 saturated heterocycles. The van der Waals surface area contributed by atoms with Gasteiger partial charge in [-0.15, -0.1) is 0 Å². The van der Waals surface area contributed by atoms with Gasteiger partial charge in [0, 0.05) is 19.4 Å². The van der Waals surface area contributed by atoms with Crippen molar-refractivity contribution in [3.05, 3.63) is 97.2 Å². The summed E-state index contributed by atoms with van der Waals surface area (Å²) in [6.07, 6.45) is 83.4. The molecule has 3 N–H and O–H groups in total. The fourth-order valence-electron chi connectivity index (χ4n) is 8.79. The molecular formula is C67H118NO8P. The molecule has 0 radical (unpaired) electrons. The lowest BCUT2D eigenvalue weighted by atomic mass is 10.0. The fraction of sp³-hybridized carbons (Fsp3) is 0.731. The summed E-state index contributed by atoms with van der Waals surface area (Å²) in [7, 11) is -4.41. The maximum atomic E-state index is 12.7. The summed E-state index contributed by atoms with van der Waals surface area (Å²) in [5.74, 6) is -0.863. The lowest BCUT2D eigenvalue weighted by Crippen LogP contribution is -2.29. The van der Waals surface area contributed by atoms with Gasteiger partial charge in [-0.3, -0.25) is 18.6 Å². The molecular weight excluding hydrogens is 978 g/mol. The molecule has 10 heteroatoms. The molecule has 0 aliphatic heterocycles. The Balaban J connectivity index is 3.97. The molecule has 0 spiro atoms. The predicted molar refractivity (Wildman–Crippen MR) is 330 cm³/mol. The SMILES string of the molecule is CC/C=C\C/C=C\C/C=C\C/C=C\C/C=C\C/C=C\C/C=C\CCCCCC(=O)OC(COC(=O)CCCCCCCCCCCCCCCCCCCCC/C=C\CCCCCCCCCC)COP(=O)(O)OCCN. The van der Waals surface area contributed by atoms with E-state index >= 15 is 0 Å². The van der Waals surface area contributed by atoms with Crippen molar-refractivity contribution >= 4 is 19.8 Å². The molecule has 0 aliphatic carbocycles. The van der Waals surface area contributed by atoms with Gasteiger partial charge in [-0.05, 0) is 96.3 Å². The quantitative estimate of drug-likeness (QED) is 0.0264. The largest absolute Gasteiger partial charge is 0.472 e. The van der Waals surface area contributed by atoms with Crippen LogP contribution in [-0.4, -0.2) is 49.3 Å². The number of phosphoric ester groups is 1. The zero-order chi connectivity index (χ0) is 55.9. The number of carbonyl (C=O) groups is 2. The summed E-state index contributed by atoms with van der Waals surface area (Å²) in [6, 6.07) is 0. The molecule has 0 aromatic carbocycles. The molecule has 0 fully saturated rings. The van der Waals surface area contributed by atoms with Gasteiger partial charge in [-0.25, -0.2) is 4.57 Å². The van der Waals surface area contributed by atoms with Crippen LogP contribution in [0.5, 0.6) is 0 Å². The molecule has 444 valence electrons. The van der Waals surface area contributed by atoms with Crippen LogP contribution in [0.4, 0.5) is 0 Å². The predicted octanol–water partition coefficient (Wildman–Crippen LogP) is 20.4.